The van der Waals surface area contributed by atoms with E-state index in [2.05, 4.69) is 5.32 Å². The summed E-state index contributed by atoms with van der Waals surface area (Å²) < 4.78 is 10.1. The van der Waals surface area contributed by atoms with Crippen molar-refractivity contribution in [2.45, 2.75) is 12.8 Å². The number of methoxy groups -OCH3 is 1. The van der Waals surface area contributed by atoms with Gasteiger partial charge in [0.25, 0.3) is 11.8 Å². The number of benzene rings is 2. The molecule has 0 saturated carbocycles. The monoisotopic (exact) mass is 396 g/mol. The van der Waals surface area contributed by atoms with Crippen LogP contribution in [0.5, 0.6) is 5.75 Å². The van der Waals surface area contributed by atoms with Gasteiger partial charge in [0.1, 0.15) is 5.75 Å². The highest BCUT2D eigenvalue weighted by Gasteiger charge is 2.27. The molecule has 1 heterocycles. The standard InChI is InChI=1S/C21H20N2O6/c1-28-15-10-8-14(9-11-15)20(26)22-17-6-3-2-5-16(17)21(27)29-13-19(25)23-12-4-7-18(23)24/h2-3,5-6,8-11H,4,7,12-13H2,1H3,(H,22,26). The number of hydrogen-bond donors (Lipinski definition) is 1. The molecule has 0 aliphatic carbocycles. The van der Waals surface area contributed by atoms with Crippen LogP contribution in [-0.4, -0.2) is 48.9 Å². The molecule has 0 aromatic heterocycles. The molecule has 1 aliphatic heterocycles. The van der Waals surface area contributed by atoms with Gasteiger partial charge in [-0.1, -0.05) is 12.1 Å². The zero-order valence-electron chi connectivity index (χ0n) is 15.8. The normalized spacial score (nSPS) is 13.1. The highest BCUT2D eigenvalue weighted by atomic mass is 16.5. The molecular weight excluding hydrogens is 376 g/mol. The van der Waals surface area contributed by atoms with Crippen molar-refractivity contribution in [2.75, 3.05) is 25.6 Å². The Balaban J connectivity index is 1.65. The summed E-state index contributed by atoms with van der Waals surface area (Å²) in [5.41, 5.74) is 0.745. The highest BCUT2D eigenvalue weighted by Crippen LogP contribution is 2.19. The minimum absolute atomic E-state index is 0.106. The predicted octanol–water partition coefficient (Wildman–Crippen LogP) is 2.25. The van der Waals surface area contributed by atoms with Crippen LogP contribution in [0.3, 0.4) is 0 Å². The summed E-state index contributed by atoms with van der Waals surface area (Å²) in [6, 6.07) is 12.8. The number of rotatable bonds is 6. The number of nitrogens with one attached hydrogen (secondary N) is 1. The van der Waals surface area contributed by atoms with E-state index in [9.17, 15) is 19.2 Å². The van der Waals surface area contributed by atoms with Crippen molar-refractivity contribution in [3.05, 3.63) is 59.7 Å². The lowest BCUT2D eigenvalue weighted by molar-refractivity contribution is -0.143. The number of hydrogen-bond acceptors (Lipinski definition) is 6. The van der Waals surface area contributed by atoms with Crippen LogP contribution in [0.15, 0.2) is 48.5 Å². The lowest BCUT2D eigenvalue weighted by atomic mass is 10.1. The number of ether oxygens (including phenoxy) is 2. The molecule has 0 spiro atoms. The molecule has 3 amide bonds. The topological polar surface area (TPSA) is 102 Å². The third-order valence-corrected chi connectivity index (χ3v) is 4.45. The molecule has 1 fully saturated rings. The molecule has 1 N–H and O–H groups in total. The summed E-state index contributed by atoms with van der Waals surface area (Å²) in [4.78, 5) is 49.6. The Labute approximate surface area is 167 Å². The number of likely N-dealkylation sites (tertiary alicyclic amines) is 1. The van der Waals surface area contributed by atoms with E-state index in [0.29, 0.717) is 30.7 Å². The number of para-hydroxylation sites is 1. The number of amides is 3. The molecule has 8 nitrogen and oxygen atoms in total. The molecule has 0 radical (unpaired) electrons. The lowest BCUT2D eigenvalue weighted by Crippen LogP contribution is -2.35. The van der Waals surface area contributed by atoms with Gasteiger partial charge in [-0.3, -0.25) is 19.3 Å². The molecular formula is C21H20N2O6. The van der Waals surface area contributed by atoms with Crippen LogP contribution >= 0.6 is 0 Å². The molecule has 1 saturated heterocycles. The minimum atomic E-state index is -0.768. The van der Waals surface area contributed by atoms with Gasteiger partial charge in [-0.15, -0.1) is 0 Å². The van der Waals surface area contributed by atoms with Gasteiger partial charge in [-0.25, -0.2) is 4.79 Å². The fraction of sp³-hybridized carbons (Fsp3) is 0.238. The first-order valence-electron chi connectivity index (χ1n) is 9.04. The van der Waals surface area contributed by atoms with Gasteiger partial charge in [0.05, 0.1) is 18.4 Å². The van der Waals surface area contributed by atoms with Crippen LogP contribution in [0.25, 0.3) is 0 Å². The molecule has 2 aromatic carbocycles. The Hall–Kier alpha value is -3.68. The first kappa shape index (κ1) is 20.1. The Morgan fingerprint density at radius 3 is 2.45 bits per heavy atom. The van der Waals surface area contributed by atoms with E-state index in [-0.39, 0.29) is 17.2 Å². The zero-order valence-corrected chi connectivity index (χ0v) is 15.8. The highest BCUT2D eigenvalue weighted by molar-refractivity contribution is 6.08. The van der Waals surface area contributed by atoms with Crippen LogP contribution < -0.4 is 10.1 Å². The third kappa shape index (κ3) is 4.78. The number of anilines is 1. The molecule has 8 heteroatoms. The quantitative estimate of drug-likeness (QED) is 0.752. The number of nitrogens with zero attached hydrogens (tertiary/aromatic N) is 1. The van der Waals surface area contributed by atoms with Crippen molar-refractivity contribution < 1.29 is 28.7 Å². The Morgan fingerprint density at radius 1 is 1.07 bits per heavy atom. The summed E-state index contributed by atoms with van der Waals surface area (Å²) in [7, 11) is 1.53. The molecule has 3 rings (SSSR count). The maximum Gasteiger partial charge on any atom is 0.340 e. The Bertz CT molecular complexity index is 938. The number of carbonyl (C=O) groups excluding carboxylic acids is 4. The van der Waals surface area contributed by atoms with Gasteiger partial charge < -0.3 is 14.8 Å². The van der Waals surface area contributed by atoms with E-state index in [4.69, 9.17) is 9.47 Å². The van der Waals surface area contributed by atoms with Crippen molar-refractivity contribution in [2.24, 2.45) is 0 Å². The first-order valence-corrected chi connectivity index (χ1v) is 9.04. The zero-order chi connectivity index (χ0) is 20.8. The van der Waals surface area contributed by atoms with E-state index in [1.807, 2.05) is 0 Å². The van der Waals surface area contributed by atoms with E-state index < -0.39 is 24.4 Å². The summed E-state index contributed by atoms with van der Waals surface area (Å²) in [6.45, 7) is -0.199. The molecule has 29 heavy (non-hydrogen) atoms. The lowest BCUT2D eigenvalue weighted by Gasteiger charge is -2.14. The summed E-state index contributed by atoms with van der Waals surface area (Å²) in [6.07, 6.45) is 0.929. The average molecular weight is 396 g/mol. The maximum atomic E-state index is 12.5. The SMILES string of the molecule is COc1ccc(C(=O)Nc2ccccc2C(=O)OCC(=O)N2CCCC2=O)cc1. The van der Waals surface area contributed by atoms with Gasteiger partial charge >= 0.3 is 5.97 Å². The van der Waals surface area contributed by atoms with Crippen LogP contribution in [0.2, 0.25) is 0 Å². The van der Waals surface area contributed by atoms with Crippen molar-refractivity contribution in [3.63, 3.8) is 0 Å². The predicted molar refractivity (Wildman–Crippen MR) is 104 cm³/mol. The van der Waals surface area contributed by atoms with Crippen LogP contribution in [0.1, 0.15) is 33.6 Å². The average Bonchev–Trinajstić information content (AvgIpc) is 3.18. The van der Waals surface area contributed by atoms with Crippen LogP contribution in [0.4, 0.5) is 5.69 Å². The van der Waals surface area contributed by atoms with Crippen molar-refractivity contribution >= 4 is 29.4 Å². The van der Waals surface area contributed by atoms with Crippen molar-refractivity contribution in [1.29, 1.82) is 0 Å². The summed E-state index contributed by atoms with van der Waals surface area (Å²) in [5.74, 6) is -1.38. The Kier molecular flexibility index (Phi) is 6.23. The smallest absolute Gasteiger partial charge is 0.340 e. The number of imide groups is 1. The van der Waals surface area contributed by atoms with Gasteiger partial charge in [0.2, 0.25) is 5.91 Å². The van der Waals surface area contributed by atoms with Gasteiger partial charge in [-0.2, -0.15) is 0 Å². The second-order valence-corrected chi connectivity index (χ2v) is 6.35. The van der Waals surface area contributed by atoms with Crippen molar-refractivity contribution in [1.82, 2.24) is 4.90 Å². The van der Waals surface area contributed by atoms with Gasteiger partial charge in [-0.05, 0) is 42.8 Å². The molecule has 0 bridgehead atoms. The fourth-order valence-corrected chi connectivity index (χ4v) is 2.90. The number of carbonyl (C=O) groups is 4. The van der Waals surface area contributed by atoms with E-state index in [0.717, 1.165) is 4.90 Å². The maximum absolute atomic E-state index is 12.5. The second kappa shape index (κ2) is 9.01. The van der Waals surface area contributed by atoms with Gasteiger partial charge in [0.15, 0.2) is 6.61 Å². The largest absolute Gasteiger partial charge is 0.497 e. The second-order valence-electron chi connectivity index (χ2n) is 6.35. The minimum Gasteiger partial charge on any atom is -0.497 e. The van der Waals surface area contributed by atoms with Crippen molar-refractivity contribution in [3.8, 4) is 5.75 Å². The van der Waals surface area contributed by atoms with E-state index >= 15 is 0 Å². The molecule has 0 unspecified atom stereocenters. The molecule has 150 valence electrons. The number of esters is 1. The van der Waals surface area contributed by atoms with Crippen LogP contribution in [-0.2, 0) is 14.3 Å². The van der Waals surface area contributed by atoms with E-state index in [1.165, 1.54) is 13.2 Å². The Morgan fingerprint density at radius 2 is 1.79 bits per heavy atom. The van der Waals surface area contributed by atoms with Gasteiger partial charge in [0, 0.05) is 18.5 Å². The van der Waals surface area contributed by atoms with E-state index in [1.54, 1.807) is 42.5 Å². The fourth-order valence-electron chi connectivity index (χ4n) is 2.90. The summed E-state index contributed by atoms with van der Waals surface area (Å²) >= 11 is 0. The molecule has 1 aliphatic rings. The first-order chi connectivity index (χ1) is 14.0. The third-order valence-electron chi connectivity index (χ3n) is 4.45. The molecule has 0 atom stereocenters. The summed E-state index contributed by atoms with van der Waals surface area (Å²) in [5, 5.41) is 2.66. The van der Waals surface area contributed by atoms with Crippen LogP contribution in [0, 0.1) is 0 Å². The molecule has 2 aromatic rings.